The number of nitrogen functional groups attached to an aromatic ring is 1. The van der Waals surface area contributed by atoms with E-state index >= 15 is 0 Å². The highest BCUT2D eigenvalue weighted by Gasteiger charge is 2.32. The number of hydrogen-bond acceptors (Lipinski definition) is 10. The summed E-state index contributed by atoms with van der Waals surface area (Å²) in [4.78, 5) is 37.3. The minimum absolute atomic E-state index is 0.0698. The molecule has 0 bridgehead atoms. The average molecular weight is 554 g/mol. The highest BCUT2D eigenvalue weighted by molar-refractivity contribution is 7.59. The number of rotatable bonds is 14. The minimum atomic E-state index is -3.50. The summed E-state index contributed by atoms with van der Waals surface area (Å²) in [5.74, 6) is -1.16. The highest BCUT2D eigenvalue weighted by Crippen LogP contribution is 2.38. The van der Waals surface area contributed by atoms with E-state index in [1.54, 1.807) is 38.6 Å². The van der Waals surface area contributed by atoms with Gasteiger partial charge in [-0.1, -0.05) is 6.92 Å². The summed E-state index contributed by atoms with van der Waals surface area (Å²) in [5.41, 5.74) is 6.92. The quantitative estimate of drug-likeness (QED) is 0.231. The molecule has 1 aliphatic rings. The molecule has 0 aromatic carbocycles. The van der Waals surface area contributed by atoms with Crippen molar-refractivity contribution in [3.05, 3.63) is 12.7 Å². The lowest BCUT2D eigenvalue weighted by atomic mass is 10.2. The fourth-order valence-corrected chi connectivity index (χ4v) is 6.10. The van der Waals surface area contributed by atoms with Gasteiger partial charge in [0.25, 0.3) is 0 Å². The molecule has 2 aromatic rings. The van der Waals surface area contributed by atoms with E-state index in [0.29, 0.717) is 17.7 Å². The number of fused-ring (bicyclic) bond motifs is 1. The Morgan fingerprint density at radius 1 is 1.13 bits per heavy atom. The maximum Gasteiger partial charge on any atom is 0.323 e. The molecule has 13 nitrogen and oxygen atoms in total. The Labute approximate surface area is 223 Å². The second kappa shape index (κ2) is 13.5. The van der Waals surface area contributed by atoms with E-state index in [1.165, 1.54) is 6.33 Å². The van der Waals surface area contributed by atoms with Crippen LogP contribution in [0.2, 0.25) is 0 Å². The number of nitrogens with zero attached hydrogens (tertiary/aromatic N) is 4. The number of nitrogens with one attached hydrogen (secondary N) is 2. The van der Waals surface area contributed by atoms with E-state index in [0.717, 1.165) is 25.7 Å². The molecule has 4 atom stereocenters. The van der Waals surface area contributed by atoms with Crippen LogP contribution in [0.1, 0.15) is 60.3 Å². The van der Waals surface area contributed by atoms with Gasteiger partial charge in [0.2, 0.25) is 7.44 Å². The average Bonchev–Trinajstić information content (AvgIpc) is 3.52. The van der Waals surface area contributed by atoms with Crippen LogP contribution in [0.15, 0.2) is 12.7 Å². The van der Waals surface area contributed by atoms with Crippen LogP contribution in [0, 0.1) is 5.92 Å². The molecule has 0 spiro atoms. The molecule has 3 rings (SSSR count). The number of carbonyl (C=O) groups is 2. The lowest BCUT2D eigenvalue weighted by Crippen LogP contribution is -2.41. The molecule has 14 heteroatoms. The van der Waals surface area contributed by atoms with Gasteiger partial charge in [0.15, 0.2) is 11.5 Å². The van der Waals surface area contributed by atoms with Crippen LogP contribution in [-0.4, -0.2) is 68.7 Å². The highest BCUT2D eigenvalue weighted by atomic mass is 31.2. The van der Waals surface area contributed by atoms with E-state index in [1.807, 2.05) is 6.92 Å². The van der Waals surface area contributed by atoms with Crippen molar-refractivity contribution in [3.8, 4) is 0 Å². The van der Waals surface area contributed by atoms with Crippen molar-refractivity contribution in [1.29, 1.82) is 0 Å². The van der Waals surface area contributed by atoms with Crippen molar-refractivity contribution in [2.45, 2.75) is 91.2 Å². The maximum atomic E-state index is 13.9. The Bertz CT molecular complexity index is 1140. The number of carbonyl (C=O) groups excluding carboxylic acids is 2. The molecule has 1 aliphatic carbocycles. The summed E-state index contributed by atoms with van der Waals surface area (Å²) in [6.45, 7) is 9.07. The lowest BCUT2D eigenvalue weighted by molar-refractivity contribution is -0.152. The second-order valence-electron chi connectivity index (χ2n) is 10.1. The van der Waals surface area contributed by atoms with Crippen LogP contribution in [0.5, 0.6) is 0 Å². The van der Waals surface area contributed by atoms with Gasteiger partial charge in [0, 0.05) is 6.54 Å². The van der Waals surface area contributed by atoms with Crippen LogP contribution in [0.25, 0.3) is 11.2 Å². The van der Waals surface area contributed by atoms with Gasteiger partial charge in [-0.05, 0) is 53.4 Å². The number of esters is 2. The first-order valence-corrected chi connectivity index (χ1v) is 14.9. The standard InChI is InChI=1S/C24H40N7O6P/c1-15(2)36-23(32)16(3)10-29-38(34,30-18(5)24(33)37-19-8-6-7-9-19)14-35-17(4)11-31-13-28-20-21(25)26-12-27-22(20)31/h12-13,15-19H,6-11,14H2,1-5H3,(H2,25,26,27)(H2,29,30,34)/t16-,17+,18+,38?/m0/s1. The summed E-state index contributed by atoms with van der Waals surface area (Å²) >= 11 is 0. The van der Waals surface area contributed by atoms with Crippen molar-refractivity contribution in [2.24, 2.45) is 5.92 Å². The molecule has 0 radical (unpaired) electrons. The predicted molar refractivity (Wildman–Crippen MR) is 142 cm³/mol. The summed E-state index contributed by atoms with van der Waals surface area (Å²) < 4.78 is 32.5. The van der Waals surface area contributed by atoms with Crippen molar-refractivity contribution in [1.82, 2.24) is 29.7 Å². The second-order valence-corrected chi connectivity index (χ2v) is 12.4. The van der Waals surface area contributed by atoms with Gasteiger partial charge in [-0.3, -0.25) is 19.2 Å². The molecule has 0 amide bonds. The van der Waals surface area contributed by atoms with E-state index in [9.17, 15) is 14.2 Å². The molecule has 1 fully saturated rings. The first-order chi connectivity index (χ1) is 18.0. The SMILES string of the molecule is CC(C)OC(=O)[C@@H](C)CNP(=O)(CO[C@H](C)Cn1cnc2c(N)ncnc21)N[C@H](C)C(=O)OC1CCCC1. The Balaban J connectivity index is 1.64. The van der Waals surface area contributed by atoms with Gasteiger partial charge in [-0.15, -0.1) is 0 Å². The summed E-state index contributed by atoms with van der Waals surface area (Å²) in [7, 11) is -3.50. The van der Waals surface area contributed by atoms with Crippen molar-refractivity contribution >= 4 is 36.4 Å². The molecule has 4 N–H and O–H groups in total. The summed E-state index contributed by atoms with van der Waals surface area (Å²) in [5, 5.41) is 5.83. The zero-order valence-corrected chi connectivity index (χ0v) is 23.6. The zero-order chi connectivity index (χ0) is 27.9. The number of nitrogens with two attached hydrogens (primary N) is 1. The largest absolute Gasteiger partial charge is 0.463 e. The van der Waals surface area contributed by atoms with Gasteiger partial charge in [0.1, 0.15) is 30.3 Å². The number of anilines is 1. The Hall–Kier alpha value is -2.60. The van der Waals surface area contributed by atoms with Gasteiger partial charge in [0.05, 0.1) is 31.0 Å². The molecular formula is C24H40N7O6P. The number of aromatic nitrogens is 4. The molecule has 2 heterocycles. The van der Waals surface area contributed by atoms with Gasteiger partial charge < -0.3 is 24.5 Å². The van der Waals surface area contributed by atoms with Gasteiger partial charge in [-0.25, -0.2) is 20.0 Å². The normalized spacial score (nSPS) is 18.3. The lowest BCUT2D eigenvalue weighted by Gasteiger charge is -2.27. The monoisotopic (exact) mass is 553 g/mol. The summed E-state index contributed by atoms with van der Waals surface area (Å²) in [6.07, 6.45) is 5.69. The zero-order valence-electron chi connectivity index (χ0n) is 22.8. The molecule has 38 heavy (non-hydrogen) atoms. The van der Waals surface area contributed by atoms with Crippen LogP contribution in [0.4, 0.5) is 5.82 Å². The number of hydrogen-bond donors (Lipinski definition) is 3. The smallest absolute Gasteiger partial charge is 0.323 e. The Morgan fingerprint density at radius 2 is 1.84 bits per heavy atom. The number of ether oxygens (including phenoxy) is 3. The molecule has 1 unspecified atom stereocenters. The van der Waals surface area contributed by atoms with Crippen LogP contribution >= 0.6 is 7.44 Å². The Kier molecular flexibility index (Phi) is 10.6. The summed E-state index contributed by atoms with van der Waals surface area (Å²) in [6, 6.07) is -0.844. The minimum Gasteiger partial charge on any atom is -0.463 e. The van der Waals surface area contributed by atoms with Gasteiger partial charge in [-0.2, -0.15) is 0 Å². The first kappa shape index (κ1) is 29.9. The Morgan fingerprint density at radius 3 is 2.53 bits per heavy atom. The molecule has 212 valence electrons. The first-order valence-electron chi connectivity index (χ1n) is 13.0. The topological polar surface area (TPSA) is 173 Å². The van der Waals surface area contributed by atoms with Crippen LogP contribution in [-0.2, 0) is 34.9 Å². The van der Waals surface area contributed by atoms with Crippen LogP contribution in [0.3, 0.4) is 0 Å². The number of imidazole rings is 1. The molecule has 2 aromatic heterocycles. The third-order valence-corrected chi connectivity index (χ3v) is 8.18. The molecular weight excluding hydrogens is 513 g/mol. The van der Waals surface area contributed by atoms with E-state index in [2.05, 4.69) is 25.1 Å². The molecule has 1 saturated carbocycles. The van der Waals surface area contributed by atoms with Gasteiger partial charge >= 0.3 is 11.9 Å². The van der Waals surface area contributed by atoms with E-state index in [4.69, 9.17) is 19.9 Å². The predicted octanol–water partition coefficient (Wildman–Crippen LogP) is 2.61. The van der Waals surface area contributed by atoms with Crippen molar-refractivity contribution in [2.75, 3.05) is 18.6 Å². The fraction of sp³-hybridized carbons (Fsp3) is 0.708. The van der Waals surface area contributed by atoms with Crippen LogP contribution < -0.4 is 15.9 Å². The third-order valence-electron chi connectivity index (χ3n) is 6.17. The fourth-order valence-electron chi connectivity index (χ4n) is 4.08. The molecule has 0 aliphatic heterocycles. The van der Waals surface area contributed by atoms with E-state index in [-0.39, 0.29) is 30.9 Å². The van der Waals surface area contributed by atoms with Crippen molar-refractivity contribution < 1.29 is 28.4 Å². The maximum absolute atomic E-state index is 13.9. The third kappa shape index (κ3) is 8.45. The molecule has 0 saturated heterocycles. The van der Waals surface area contributed by atoms with E-state index < -0.39 is 37.4 Å². The van der Waals surface area contributed by atoms with Crippen molar-refractivity contribution in [3.63, 3.8) is 0 Å².